The van der Waals surface area contributed by atoms with E-state index in [1.807, 2.05) is 0 Å². The molecule has 2 rings (SSSR count). The summed E-state index contributed by atoms with van der Waals surface area (Å²) in [5, 5.41) is 16.1. The molecule has 5 nitrogen and oxygen atoms in total. The Hall–Kier alpha value is -1.28. The van der Waals surface area contributed by atoms with E-state index in [1.54, 1.807) is 0 Å². The molecule has 0 saturated heterocycles. The molecule has 0 saturated carbocycles. The van der Waals surface area contributed by atoms with Gasteiger partial charge >= 0.3 is 0 Å². The van der Waals surface area contributed by atoms with E-state index in [1.165, 1.54) is 11.3 Å². The SMILES string of the molecule is CCNC(=NCc1cccc(N2CC=CC2)c1)NCC(CCO)CC(C)C.I. The van der Waals surface area contributed by atoms with E-state index >= 15 is 0 Å². The molecule has 1 atom stereocenters. The second-order valence-electron chi connectivity index (χ2n) is 7.63. The zero-order valence-corrected chi connectivity index (χ0v) is 19.9. The molecule has 1 aromatic carbocycles. The maximum Gasteiger partial charge on any atom is 0.191 e. The van der Waals surface area contributed by atoms with Gasteiger partial charge in [0.15, 0.2) is 5.96 Å². The number of guanidine groups is 1. The molecule has 28 heavy (non-hydrogen) atoms. The number of hydrogen-bond donors (Lipinski definition) is 3. The smallest absolute Gasteiger partial charge is 0.191 e. The largest absolute Gasteiger partial charge is 0.396 e. The lowest BCUT2D eigenvalue weighted by molar-refractivity contribution is 0.243. The van der Waals surface area contributed by atoms with Gasteiger partial charge < -0.3 is 20.6 Å². The van der Waals surface area contributed by atoms with Gasteiger partial charge in [0, 0.05) is 38.5 Å². The normalized spacial score (nSPS) is 14.9. The number of hydrogen-bond acceptors (Lipinski definition) is 3. The summed E-state index contributed by atoms with van der Waals surface area (Å²) >= 11 is 0. The van der Waals surface area contributed by atoms with E-state index in [9.17, 15) is 5.11 Å². The van der Waals surface area contributed by atoms with E-state index in [4.69, 9.17) is 4.99 Å². The monoisotopic (exact) mass is 500 g/mol. The van der Waals surface area contributed by atoms with Crippen molar-refractivity contribution in [1.82, 2.24) is 10.6 Å². The van der Waals surface area contributed by atoms with Crippen LogP contribution >= 0.6 is 24.0 Å². The molecular formula is C22H37IN4O. The number of rotatable bonds is 10. The number of halogens is 1. The first-order valence-electron chi connectivity index (χ1n) is 10.2. The van der Waals surface area contributed by atoms with Gasteiger partial charge in [-0.25, -0.2) is 4.99 Å². The van der Waals surface area contributed by atoms with Crippen molar-refractivity contribution in [3.05, 3.63) is 42.0 Å². The number of benzene rings is 1. The zero-order valence-electron chi connectivity index (χ0n) is 17.5. The molecule has 1 aromatic rings. The Morgan fingerprint density at radius 1 is 1.21 bits per heavy atom. The minimum Gasteiger partial charge on any atom is -0.396 e. The third-order valence-electron chi connectivity index (χ3n) is 4.76. The number of nitrogens with zero attached hydrogens (tertiary/aromatic N) is 2. The van der Waals surface area contributed by atoms with Gasteiger partial charge in [0.25, 0.3) is 0 Å². The maximum absolute atomic E-state index is 9.30. The summed E-state index contributed by atoms with van der Waals surface area (Å²) in [4.78, 5) is 7.11. The summed E-state index contributed by atoms with van der Waals surface area (Å²) in [5.41, 5.74) is 2.47. The predicted octanol–water partition coefficient (Wildman–Crippen LogP) is 3.78. The highest BCUT2D eigenvalue weighted by Crippen LogP contribution is 2.19. The molecule has 0 radical (unpaired) electrons. The van der Waals surface area contributed by atoms with Crippen molar-refractivity contribution >= 4 is 35.6 Å². The van der Waals surface area contributed by atoms with Gasteiger partial charge in [0.05, 0.1) is 6.54 Å². The molecule has 0 amide bonds. The summed E-state index contributed by atoms with van der Waals surface area (Å²) in [7, 11) is 0. The Bertz CT molecular complexity index is 610. The van der Waals surface area contributed by atoms with Crippen LogP contribution in [0.15, 0.2) is 41.4 Å². The van der Waals surface area contributed by atoms with Gasteiger partial charge in [-0.3, -0.25) is 0 Å². The third kappa shape index (κ3) is 8.82. The second-order valence-corrected chi connectivity index (χ2v) is 7.63. The van der Waals surface area contributed by atoms with Crippen LogP contribution in [-0.2, 0) is 6.54 Å². The average molecular weight is 500 g/mol. The lowest BCUT2D eigenvalue weighted by Crippen LogP contribution is -2.40. The van der Waals surface area contributed by atoms with E-state index in [2.05, 4.69) is 72.7 Å². The molecule has 1 heterocycles. The summed E-state index contributed by atoms with van der Waals surface area (Å²) < 4.78 is 0. The fraction of sp³-hybridized carbons (Fsp3) is 0.591. The van der Waals surface area contributed by atoms with Crippen molar-refractivity contribution in [2.45, 2.75) is 40.2 Å². The molecule has 0 aliphatic carbocycles. The van der Waals surface area contributed by atoms with Crippen LogP contribution in [0, 0.1) is 11.8 Å². The Labute approximate surface area is 187 Å². The van der Waals surface area contributed by atoms with Crippen molar-refractivity contribution in [1.29, 1.82) is 0 Å². The van der Waals surface area contributed by atoms with E-state index in [0.29, 0.717) is 18.4 Å². The van der Waals surface area contributed by atoms with Crippen molar-refractivity contribution in [3.8, 4) is 0 Å². The first-order valence-corrected chi connectivity index (χ1v) is 10.2. The highest BCUT2D eigenvalue weighted by atomic mass is 127. The highest BCUT2D eigenvalue weighted by Gasteiger charge is 2.12. The molecule has 3 N–H and O–H groups in total. The molecule has 0 spiro atoms. The molecule has 1 aliphatic rings. The van der Waals surface area contributed by atoms with E-state index in [-0.39, 0.29) is 30.6 Å². The summed E-state index contributed by atoms with van der Waals surface area (Å²) in [6.45, 7) is 11.1. The lowest BCUT2D eigenvalue weighted by Gasteiger charge is -2.20. The molecule has 1 unspecified atom stereocenters. The molecule has 158 valence electrons. The Morgan fingerprint density at radius 3 is 2.61 bits per heavy atom. The summed E-state index contributed by atoms with van der Waals surface area (Å²) in [6, 6.07) is 8.63. The minimum absolute atomic E-state index is 0. The molecule has 0 aromatic heterocycles. The molecule has 0 bridgehead atoms. The van der Waals surface area contributed by atoms with Crippen LogP contribution in [0.2, 0.25) is 0 Å². The first kappa shape index (κ1) is 24.8. The van der Waals surface area contributed by atoms with Gasteiger partial charge in [-0.15, -0.1) is 24.0 Å². The van der Waals surface area contributed by atoms with Crippen molar-refractivity contribution < 1.29 is 5.11 Å². The molecule has 0 fully saturated rings. The first-order chi connectivity index (χ1) is 13.1. The number of aliphatic hydroxyl groups excluding tert-OH is 1. The van der Waals surface area contributed by atoms with Crippen LogP contribution in [0.1, 0.15) is 39.2 Å². The van der Waals surface area contributed by atoms with Crippen LogP contribution < -0.4 is 15.5 Å². The fourth-order valence-electron chi connectivity index (χ4n) is 3.45. The molecular weight excluding hydrogens is 463 g/mol. The van der Waals surface area contributed by atoms with E-state index in [0.717, 1.165) is 45.0 Å². The van der Waals surface area contributed by atoms with Crippen molar-refractivity contribution in [2.24, 2.45) is 16.8 Å². The molecule has 6 heteroatoms. The highest BCUT2D eigenvalue weighted by molar-refractivity contribution is 14.0. The van der Waals surface area contributed by atoms with Crippen LogP contribution in [-0.4, -0.2) is 43.9 Å². The number of anilines is 1. The van der Waals surface area contributed by atoms with Crippen LogP contribution in [0.25, 0.3) is 0 Å². The van der Waals surface area contributed by atoms with Gasteiger partial charge in [-0.2, -0.15) is 0 Å². The van der Waals surface area contributed by atoms with Crippen LogP contribution in [0.3, 0.4) is 0 Å². The van der Waals surface area contributed by atoms with Crippen molar-refractivity contribution in [3.63, 3.8) is 0 Å². The fourth-order valence-corrected chi connectivity index (χ4v) is 3.45. The zero-order chi connectivity index (χ0) is 19.5. The van der Waals surface area contributed by atoms with Gasteiger partial charge in [0.1, 0.15) is 0 Å². The van der Waals surface area contributed by atoms with Gasteiger partial charge in [-0.05, 0) is 49.3 Å². The van der Waals surface area contributed by atoms with Crippen molar-refractivity contribution in [2.75, 3.05) is 37.7 Å². The van der Waals surface area contributed by atoms with Gasteiger partial charge in [0.2, 0.25) is 0 Å². The third-order valence-corrected chi connectivity index (χ3v) is 4.76. The van der Waals surface area contributed by atoms with Gasteiger partial charge in [-0.1, -0.05) is 38.1 Å². The van der Waals surface area contributed by atoms with Crippen LogP contribution in [0.5, 0.6) is 0 Å². The maximum atomic E-state index is 9.30. The number of nitrogens with one attached hydrogen (secondary N) is 2. The quantitative estimate of drug-likeness (QED) is 0.198. The number of aliphatic hydroxyl groups is 1. The summed E-state index contributed by atoms with van der Waals surface area (Å²) in [6.07, 6.45) is 6.35. The van der Waals surface area contributed by atoms with Crippen LogP contribution in [0.4, 0.5) is 5.69 Å². The second kappa shape index (κ2) is 13.8. The predicted molar refractivity (Wildman–Crippen MR) is 131 cm³/mol. The standard InChI is InChI=1S/C22H36N4O.HI/c1-4-23-22(25-17-20(10-13-27)14-18(2)3)24-16-19-8-7-9-21(15-19)26-11-5-6-12-26;/h5-9,15,18,20,27H,4,10-14,16-17H2,1-3H3,(H2,23,24,25);1H. The average Bonchev–Trinajstić information content (AvgIpc) is 3.18. The Kier molecular flexibility index (Phi) is 12.2. The lowest BCUT2D eigenvalue weighted by atomic mass is 9.94. The topological polar surface area (TPSA) is 59.9 Å². The Morgan fingerprint density at radius 2 is 1.96 bits per heavy atom. The Balaban J connectivity index is 0.00000392. The molecule has 1 aliphatic heterocycles. The summed E-state index contributed by atoms with van der Waals surface area (Å²) in [5.74, 6) is 1.94. The minimum atomic E-state index is 0. The van der Waals surface area contributed by atoms with E-state index < -0.39 is 0 Å². The number of aliphatic imine (C=N–C) groups is 1.